The van der Waals surface area contributed by atoms with E-state index in [1.807, 2.05) is 48.7 Å². The van der Waals surface area contributed by atoms with Crippen molar-refractivity contribution in [2.75, 3.05) is 31.3 Å². The normalized spacial score (nSPS) is 26.5. The van der Waals surface area contributed by atoms with E-state index >= 15 is 0 Å². The van der Waals surface area contributed by atoms with Crippen molar-refractivity contribution in [3.8, 4) is 5.75 Å². The first-order chi connectivity index (χ1) is 14.5. The lowest BCUT2D eigenvalue weighted by atomic mass is 9.99. The molecule has 0 radical (unpaired) electrons. The summed E-state index contributed by atoms with van der Waals surface area (Å²) in [5.74, 6) is -0.630. The maximum absolute atomic E-state index is 11.2. The number of carbonyl (C=O) groups is 1. The lowest BCUT2D eigenvalue weighted by Gasteiger charge is -2.34. The van der Waals surface area contributed by atoms with Gasteiger partial charge in [0.05, 0.1) is 19.3 Å². The summed E-state index contributed by atoms with van der Waals surface area (Å²) in [6.07, 6.45) is 4.85. The van der Waals surface area contributed by atoms with E-state index in [0.717, 1.165) is 42.9 Å². The number of rotatable bonds is 7. The molecule has 1 unspecified atom stereocenters. The van der Waals surface area contributed by atoms with Crippen LogP contribution in [0.2, 0.25) is 0 Å². The molecule has 2 aliphatic rings. The van der Waals surface area contributed by atoms with Gasteiger partial charge in [0.2, 0.25) is 0 Å². The minimum Gasteiger partial charge on any atom is -0.491 e. The third kappa shape index (κ3) is 4.74. The minimum absolute atomic E-state index is 0.134. The number of carboxylic acids is 1. The van der Waals surface area contributed by atoms with Crippen molar-refractivity contribution < 1.29 is 24.1 Å². The molecular weight excluding hydrogens is 384 g/mol. The van der Waals surface area contributed by atoms with Gasteiger partial charge in [-0.1, -0.05) is 18.2 Å². The number of benzene rings is 1. The molecule has 0 amide bonds. The van der Waals surface area contributed by atoms with Crippen LogP contribution < -0.4 is 9.64 Å². The number of hydrogen-bond donors (Lipinski definition) is 1. The summed E-state index contributed by atoms with van der Waals surface area (Å²) in [5.41, 5.74) is 1.15. The molecule has 160 valence electrons. The van der Waals surface area contributed by atoms with Gasteiger partial charge in [-0.15, -0.1) is 0 Å². The van der Waals surface area contributed by atoms with Crippen molar-refractivity contribution >= 4 is 11.8 Å². The molecule has 30 heavy (non-hydrogen) atoms. The van der Waals surface area contributed by atoms with Gasteiger partial charge in [0.25, 0.3) is 5.79 Å². The van der Waals surface area contributed by atoms with Crippen LogP contribution in [0, 0.1) is 5.92 Å². The number of aromatic nitrogens is 1. The van der Waals surface area contributed by atoms with Gasteiger partial charge in [0, 0.05) is 25.6 Å². The molecule has 7 nitrogen and oxygen atoms in total. The molecule has 0 aliphatic carbocycles. The molecule has 1 aromatic carbocycles. The van der Waals surface area contributed by atoms with E-state index in [-0.39, 0.29) is 5.92 Å². The second-order valence-electron chi connectivity index (χ2n) is 8.08. The summed E-state index contributed by atoms with van der Waals surface area (Å²) in [7, 11) is 0. The predicted octanol–water partition coefficient (Wildman–Crippen LogP) is 3.14. The molecule has 1 atom stereocenters. The average molecular weight is 412 g/mol. The number of pyridine rings is 1. The molecule has 1 N–H and O–H groups in total. The van der Waals surface area contributed by atoms with E-state index in [4.69, 9.17) is 19.3 Å². The Morgan fingerprint density at radius 3 is 2.67 bits per heavy atom. The van der Waals surface area contributed by atoms with Crippen molar-refractivity contribution in [1.82, 2.24) is 4.98 Å². The highest BCUT2D eigenvalue weighted by Gasteiger charge is 2.40. The van der Waals surface area contributed by atoms with E-state index in [2.05, 4.69) is 9.88 Å². The zero-order chi connectivity index (χ0) is 21.0. The average Bonchev–Trinajstić information content (AvgIpc) is 3.24. The van der Waals surface area contributed by atoms with Gasteiger partial charge in [-0.3, -0.25) is 0 Å². The fourth-order valence-electron chi connectivity index (χ4n) is 3.97. The molecule has 1 aromatic heterocycles. The summed E-state index contributed by atoms with van der Waals surface area (Å²) in [6.45, 7) is 3.82. The van der Waals surface area contributed by atoms with Crippen LogP contribution in [0.15, 0.2) is 48.7 Å². The van der Waals surface area contributed by atoms with E-state index in [1.54, 1.807) is 0 Å². The first-order valence-corrected chi connectivity index (χ1v) is 10.4. The van der Waals surface area contributed by atoms with Crippen molar-refractivity contribution in [3.63, 3.8) is 0 Å². The SMILES string of the molecule is C[C@]1(C(=O)O)OC[C@@H](Cc2ccc(OCC3CCCN3c3ccccn3)cc2)CO1. The number of nitrogens with zero attached hydrogens (tertiary/aromatic N) is 2. The smallest absolute Gasteiger partial charge is 0.364 e. The van der Waals surface area contributed by atoms with Crippen LogP contribution in [0.4, 0.5) is 5.82 Å². The summed E-state index contributed by atoms with van der Waals surface area (Å²) >= 11 is 0. The van der Waals surface area contributed by atoms with Gasteiger partial charge in [0.15, 0.2) is 0 Å². The molecule has 2 fully saturated rings. The van der Waals surface area contributed by atoms with Gasteiger partial charge in [-0.2, -0.15) is 0 Å². The molecular formula is C23H28N2O5. The monoisotopic (exact) mass is 412 g/mol. The van der Waals surface area contributed by atoms with Gasteiger partial charge in [-0.05, 0) is 49.1 Å². The molecule has 2 aromatic rings. The highest BCUT2D eigenvalue weighted by molar-refractivity contribution is 5.75. The predicted molar refractivity (Wildman–Crippen MR) is 112 cm³/mol. The Hall–Kier alpha value is -2.64. The summed E-state index contributed by atoms with van der Waals surface area (Å²) in [5, 5.41) is 9.14. The van der Waals surface area contributed by atoms with Crippen molar-refractivity contribution in [2.45, 2.75) is 38.0 Å². The lowest BCUT2D eigenvalue weighted by molar-refractivity contribution is -0.270. The number of hydrogen-bond acceptors (Lipinski definition) is 6. The van der Waals surface area contributed by atoms with E-state index in [1.165, 1.54) is 6.92 Å². The van der Waals surface area contributed by atoms with Crippen molar-refractivity contribution in [3.05, 3.63) is 54.2 Å². The fraction of sp³-hybridized carbons (Fsp3) is 0.478. The number of ether oxygens (including phenoxy) is 3. The summed E-state index contributed by atoms with van der Waals surface area (Å²) < 4.78 is 16.9. The molecule has 3 heterocycles. The minimum atomic E-state index is -1.53. The largest absolute Gasteiger partial charge is 0.491 e. The molecule has 0 saturated carbocycles. The lowest BCUT2D eigenvalue weighted by Crippen LogP contribution is -2.48. The molecule has 2 aliphatic heterocycles. The van der Waals surface area contributed by atoms with Gasteiger partial charge in [-0.25, -0.2) is 9.78 Å². The fourth-order valence-corrected chi connectivity index (χ4v) is 3.97. The Morgan fingerprint density at radius 2 is 2.00 bits per heavy atom. The van der Waals surface area contributed by atoms with Crippen LogP contribution in [0.25, 0.3) is 0 Å². The van der Waals surface area contributed by atoms with E-state index in [9.17, 15) is 4.79 Å². The zero-order valence-electron chi connectivity index (χ0n) is 17.2. The van der Waals surface area contributed by atoms with Crippen LogP contribution in [-0.2, 0) is 20.7 Å². The van der Waals surface area contributed by atoms with Crippen LogP contribution in [-0.4, -0.2) is 54.3 Å². The molecule has 2 saturated heterocycles. The van der Waals surface area contributed by atoms with Crippen LogP contribution in [0.1, 0.15) is 25.3 Å². The van der Waals surface area contributed by atoms with Gasteiger partial charge in [0.1, 0.15) is 18.2 Å². The zero-order valence-corrected chi connectivity index (χ0v) is 17.2. The second-order valence-corrected chi connectivity index (χ2v) is 8.08. The van der Waals surface area contributed by atoms with Crippen LogP contribution in [0.5, 0.6) is 5.75 Å². The molecule has 7 heteroatoms. The third-order valence-electron chi connectivity index (χ3n) is 5.79. The first-order valence-electron chi connectivity index (χ1n) is 10.4. The van der Waals surface area contributed by atoms with Crippen molar-refractivity contribution in [1.29, 1.82) is 0 Å². The maximum atomic E-state index is 11.2. The highest BCUT2D eigenvalue weighted by atomic mass is 16.7. The van der Waals surface area contributed by atoms with E-state index in [0.29, 0.717) is 25.9 Å². The Balaban J connectivity index is 1.27. The highest BCUT2D eigenvalue weighted by Crippen LogP contribution is 2.26. The first kappa shape index (κ1) is 20.6. The van der Waals surface area contributed by atoms with E-state index < -0.39 is 11.8 Å². The Kier molecular flexibility index (Phi) is 6.20. The maximum Gasteiger partial charge on any atom is 0.364 e. The molecule has 4 rings (SSSR count). The Morgan fingerprint density at radius 1 is 1.23 bits per heavy atom. The van der Waals surface area contributed by atoms with Gasteiger partial charge >= 0.3 is 5.97 Å². The molecule has 0 spiro atoms. The third-order valence-corrected chi connectivity index (χ3v) is 5.79. The Labute approximate surface area is 176 Å². The molecule has 0 bridgehead atoms. The number of anilines is 1. The topological polar surface area (TPSA) is 81.1 Å². The quantitative estimate of drug-likeness (QED) is 0.748. The standard InChI is InChI=1S/C23H28N2O5/c1-23(22(26)27)29-14-18(15-30-23)13-17-7-9-20(10-8-17)28-16-19-5-4-12-25(19)21-6-2-3-11-24-21/h2-3,6-11,18-19H,4-5,12-16H2,1H3,(H,26,27)/t18-,19?,23+. The number of aliphatic carboxylic acids is 1. The second kappa shape index (κ2) is 9.02. The summed E-state index contributed by atoms with van der Waals surface area (Å²) in [4.78, 5) is 18.0. The Bertz CT molecular complexity index is 834. The summed E-state index contributed by atoms with van der Waals surface area (Å²) in [6, 6.07) is 14.4. The van der Waals surface area contributed by atoms with Crippen molar-refractivity contribution in [2.24, 2.45) is 5.92 Å². The van der Waals surface area contributed by atoms with Gasteiger partial charge < -0.3 is 24.2 Å². The number of carboxylic acid groups (broad SMARTS) is 1. The van der Waals surface area contributed by atoms with Crippen LogP contribution >= 0.6 is 0 Å². The van der Waals surface area contributed by atoms with Crippen LogP contribution in [0.3, 0.4) is 0 Å².